The Morgan fingerprint density at radius 3 is 0.859 bits per heavy atom. The Balaban J connectivity index is 3.86. The number of phosphoric acid groups is 1. The summed E-state index contributed by atoms with van der Waals surface area (Å²) in [6.07, 6.45) is 108. The standard InChI is InChI=1S/C89H168NO8P/c1-6-8-10-12-14-16-18-20-22-24-26-28-30-32-34-36-38-40-42-44-45-46-48-50-52-54-56-58-60-62-64-66-68-70-72-74-76-78-80-82-89(92)98-87(86-97-99(93,94)96-84-83-90(3,4)5)85-95-88(91)81-79-77-75-73-71-69-67-65-63-61-59-57-55-53-51-49-47-43-41-39-37-35-33-31-29-27-25-23-21-19-17-15-13-11-9-7-2/h8,10,14,16,20,22,26,28,32,34,87H,6-7,9,11-13,15,17-19,21,23-25,27,29-31,33,35-86H2,1-5H3/p+1/b10-8-,16-14-,22-20-,28-26-,34-32-. The van der Waals surface area contributed by atoms with Gasteiger partial charge in [-0.25, -0.2) is 4.57 Å². The number of allylic oxidation sites excluding steroid dienone is 10. The highest BCUT2D eigenvalue weighted by molar-refractivity contribution is 7.47. The average Bonchev–Trinajstić information content (AvgIpc) is 0.989. The molecule has 2 unspecified atom stereocenters. The number of rotatable bonds is 82. The molecule has 0 aliphatic carbocycles. The number of ether oxygens (including phenoxy) is 2. The van der Waals surface area contributed by atoms with Gasteiger partial charge in [-0.1, -0.05) is 434 Å². The number of esters is 2. The van der Waals surface area contributed by atoms with E-state index in [4.69, 9.17) is 18.5 Å². The lowest BCUT2D eigenvalue weighted by molar-refractivity contribution is -0.870. The Hall–Kier alpha value is -2.29. The molecule has 0 amide bonds. The molecular weight excluding hydrogens is 1240 g/mol. The summed E-state index contributed by atoms with van der Waals surface area (Å²) in [4.78, 5) is 36.0. The molecule has 0 rings (SSSR count). The number of hydrogen-bond acceptors (Lipinski definition) is 7. The maximum absolute atomic E-state index is 12.9. The fourth-order valence-corrected chi connectivity index (χ4v) is 14.0. The highest BCUT2D eigenvalue weighted by Gasteiger charge is 2.27. The Kier molecular flexibility index (Phi) is 78.0. The summed E-state index contributed by atoms with van der Waals surface area (Å²) in [5.74, 6) is -0.770. The first-order valence-electron chi connectivity index (χ1n) is 43.5. The quantitative estimate of drug-likeness (QED) is 0.0211. The summed E-state index contributed by atoms with van der Waals surface area (Å²) >= 11 is 0. The molecule has 1 N–H and O–H groups in total. The van der Waals surface area contributed by atoms with Crippen LogP contribution in [0.25, 0.3) is 0 Å². The minimum absolute atomic E-state index is 0.0348. The Labute approximate surface area is 616 Å². The fraction of sp³-hybridized carbons (Fsp3) is 0.865. The number of quaternary nitrogens is 1. The van der Waals surface area contributed by atoms with E-state index in [1.54, 1.807) is 0 Å². The number of hydrogen-bond donors (Lipinski definition) is 1. The summed E-state index contributed by atoms with van der Waals surface area (Å²) in [5.41, 5.74) is 0. The molecule has 2 atom stereocenters. The second-order valence-corrected chi connectivity index (χ2v) is 32.4. The van der Waals surface area contributed by atoms with Gasteiger partial charge in [0, 0.05) is 12.8 Å². The van der Waals surface area contributed by atoms with E-state index in [9.17, 15) is 19.0 Å². The average molecular weight is 1410 g/mol. The minimum atomic E-state index is -4.40. The van der Waals surface area contributed by atoms with E-state index >= 15 is 0 Å². The lowest BCUT2D eigenvalue weighted by Crippen LogP contribution is -2.37. The van der Waals surface area contributed by atoms with Crippen LogP contribution in [-0.2, 0) is 32.7 Å². The molecule has 0 radical (unpaired) electrons. The van der Waals surface area contributed by atoms with E-state index in [-0.39, 0.29) is 25.6 Å². The van der Waals surface area contributed by atoms with Crippen molar-refractivity contribution in [3.8, 4) is 0 Å². The minimum Gasteiger partial charge on any atom is -0.462 e. The van der Waals surface area contributed by atoms with Crippen LogP contribution in [0.3, 0.4) is 0 Å². The SMILES string of the molecule is CC/C=C\C/C=C\C/C=C\C/C=C\C/C=C\CCCCCCCCCCCCCCCCCCCCCCCCCC(=O)OC(COC(=O)CCCCCCCCCCCCCCCCCCCCCCCCCCCCCCCCCCCCCC)COP(=O)(O)OCC[N+](C)(C)C. The molecule has 582 valence electrons. The van der Waals surface area contributed by atoms with E-state index < -0.39 is 26.5 Å². The van der Waals surface area contributed by atoms with Crippen molar-refractivity contribution >= 4 is 19.8 Å². The Morgan fingerprint density at radius 1 is 0.323 bits per heavy atom. The van der Waals surface area contributed by atoms with Gasteiger partial charge in [0.2, 0.25) is 0 Å². The molecule has 0 aliphatic heterocycles. The van der Waals surface area contributed by atoms with Gasteiger partial charge in [0.15, 0.2) is 6.10 Å². The molecule has 9 nitrogen and oxygen atoms in total. The van der Waals surface area contributed by atoms with Crippen molar-refractivity contribution in [2.24, 2.45) is 0 Å². The third kappa shape index (κ3) is 84.5. The lowest BCUT2D eigenvalue weighted by Gasteiger charge is -2.24. The summed E-state index contributed by atoms with van der Waals surface area (Å²) in [5, 5.41) is 0. The van der Waals surface area contributed by atoms with Gasteiger partial charge in [-0.2, -0.15) is 0 Å². The van der Waals surface area contributed by atoms with E-state index in [0.29, 0.717) is 23.9 Å². The first-order valence-corrected chi connectivity index (χ1v) is 45.0. The summed E-state index contributed by atoms with van der Waals surface area (Å²) < 4.78 is 34.9. The van der Waals surface area contributed by atoms with Gasteiger partial charge in [-0.3, -0.25) is 18.6 Å². The van der Waals surface area contributed by atoms with Gasteiger partial charge in [-0.05, 0) is 57.8 Å². The molecular formula is C89H169NO8P+. The van der Waals surface area contributed by atoms with Gasteiger partial charge >= 0.3 is 19.8 Å². The van der Waals surface area contributed by atoms with Crippen LogP contribution in [0, 0.1) is 0 Å². The number of nitrogens with zero attached hydrogens (tertiary/aromatic N) is 1. The van der Waals surface area contributed by atoms with Gasteiger partial charge < -0.3 is 18.9 Å². The van der Waals surface area contributed by atoms with Crippen molar-refractivity contribution in [3.05, 3.63) is 60.8 Å². The van der Waals surface area contributed by atoms with E-state index in [0.717, 1.165) is 64.2 Å². The van der Waals surface area contributed by atoms with Crippen LogP contribution >= 0.6 is 7.82 Å². The molecule has 0 aromatic rings. The zero-order valence-electron chi connectivity index (χ0n) is 66.8. The van der Waals surface area contributed by atoms with Crippen LogP contribution in [0.2, 0.25) is 0 Å². The normalized spacial score (nSPS) is 13.2. The number of likely N-dealkylation sites (N-methyl/N-ethyl adjacent to an activating group) is 1. The predicted octanol–water partition coefficient (Wildman–Crippen LogP) is 29.2. The molecule has 99 heavy (non-hydrogen) atoms. The fourth-order valence-electron chi connectivity index (χ4n) is 13.2. The lowest BCUT2D eigenvalue weighted by atomic mass is 10.0. The van der Waals surface area contributed by atoms with Crippen LogP contribution in [0.5, 0.6) is 0 Å². The van der Waals surface area contributed by atoms with Gasteiger partial charge in [0.25, 0.3) is 0 Å². The predicted molar refractivity (Wildman–Crippen MR) is 432 cm³/mol. The number of unbranched alkanes of at least 4 members (excludes halogenated alkanes) is 58. The molecule has 0 bridgehead atoms. The van der Waals surface area contributed by atoms with Crippen molar-refractivity contribution in [2.75, 3.05) is 47.5 Å². The maximum atomic E-state index is 12.9. The molecule has 0 aromatic carbocycles. The highest BCUT2D eigenvalue weighted by Crippen LogP contribution is 2.43. The zero-order chi connectivity index (χ0) is 71.8. The number of carbonyl (C=O) groups excluding carboxylic acids is 2. The monoisotopic (exact) mass is 1410 g/mol. The van der Waals surface area contributed by atoms with Gasteiger partial charge in [0.1, 0.15) is 19.8 Å². The van der Waals surface area contributed by atoms with Crippen molar-refractivity contribution in [1.29, 1.82) is 0 Å². The van der Waals surface area contributed by atoms with Crippen molar-refractivity contribution in [3.63, 3.8) is 0 Å². The van der Waals surface area contributed by atoms with E-state index in [1.807, 2.05) is 21.1 Å². The molecule has 0 aromatic heterocycles. The first-order chi connectivity index (χ1) is 48.5. The van der Waals surface area contributed by atoms with Crippen molar-refractivity contribution < 1.29 is 42.1 Å². The van der Waals surface area contributed by atoms with E-state index in [2.05, 4.69) is 74.6 Å². The highest BCUT2D eigenvalue weighted by atomic mass is 31.2. The molecule has 10 heteroatoms. The second-order valence-electron chi connectivity index (χ2n) is 30.9. The third-order valence-corrected chi connectivity index (χ3v) is 20.8. The molecule has 0 fully saturated rings. The molecule has 0 saturated heterocycles. The summed E-state index contributed by atoms with van der Waals surface area (Å²) in [6, 6.07) is 0. The van der Waals surface area contributed by atoms with Gasteiger partial charge in [0.05, 0.1) is 27.7 Å². The zero-order valence-corrected chi connectivity index (χ0v) is 67.6. The largest absolute Gasteiger partial charge is 0.472 e. The molecule has 0 heterocycles. The molecule has 0 saturated carbocycles. The van der Waals surface area contributed by atoms with Crippen LogP contribution < -0.4 is 0 Å². The summed E-state index contributed by atoms with van der Waals surface area (Å²) in [7, 11) is 1.50. The number of carbonyl (C=O) groups is 2. The van der Waals surface area contributed by atoms with Crippen LogP contribution in [0.15, 0.2) is 60.8 Å². The second kappa shape index (κ2) is 79.8. The molecule has 0 aliphatic rings. The third-order valence-electron chi connectivity index (χ3n) is 19.8. The Morgan fingerprint density at radius 2 is 0.576 bits per heavy atom. The van der Waals surface area contributed by atoms with Crippen LogP contribution in [0.1, 0.15) is 444 Å². The van der Waals surface area contributed by atoms with Crippen molar-refractivity contribution in [2.45, 2.75) is 450 Å². The van der Waals surface area contributed by atoms with Crippen LogP contribution in [-0.4, -0.2) is 74.9 Å². The van der Waals surface area contributed by atoms with E-state index in [1.165, 1.54) is 347 Å². The first kappa shape index (κ1) is 96.7. The summed E-state index contributed by atoms with van der Waals surface area (Å²) in [6.45, 7) is 4.41. The Bertz CT molecular complexity index is 1860. The van der Waals surface area contributed by atoms with Crippen molar-refractivity contribution in [1.82, 2.24) is 0 Å². The number of phosphoric ester groups is 1. The van der Waals surface area contributed by atoms with Gasteiger partial charge in [-0.15, -0.1) is 0 Å². The smallest absolute Gasteiger partial charge is 0.462 e. The van der Waals surface area contributed by atoms with Crippen LogP contribution in [0.4, 0.5) is 0 Å². The maximum Gasteiger partial charge on any atom is 0.472 e. The molecule has 0 spiro atoms. The topological polar surface area (TPSA) is 108 Å².